The van der Waals surface area contributed by atoms with Crippen molar-refractivity contribution in [3.05, 3.63) is 113 Å². The molecule has 0 unspecified atom stereocenters. The second kappa shape index (κ2) is 9.03. The Morgan fingerprint density at radius 2 is 1.74 bits per heavy atom. The molecule has 1 aliphatic heterocycles. The van der Waals surface area contributed by atoms with Gasteiger partial charge in [0.05, 0.1) is 17.8 Å². The molecule has 0 amide bonds. The number of aromatic nitrogens is 2. The van der Waals surface area contributed by atoms with Crippen molar-refractivity contribution >= 4 is 23.0 Å². The number of aryl methyl sites for hydroxylation is 2. The highest BCUT2D eigenvalue weighted by atomic mass is 32.1. The average Bonchev–Trinajstić information content (AvgIpc) is 3.35. The Labute approximate surface area is 205 Å². The first kappa shape index (κ1) is 22.3. The van der Waals surface area contributed by atoms with Crippen LogP contribution in [-0.4, -0.2) is 14.7 Å². The predicted molar refractivity (Wildman–Crippen MR) is 139 cm³/mol. The fourth-order valence-electron chi connectivity index (χ4n) is 5.04. The lowest BCUT2D eigenvalue weighted by Gasteiger charge is -2.28. The van der Waals surface area contributed by atoms with Crippen LogP contribution in [0.1, 0.15) is 47.2 Å². The Balaban J connectivity index is 1.69. The van der Waals surface area contributed by atoms with Gasteiger partial charge in [-0.25, -0.2) is 4.39 Å². The maximum atomic E-state index is 13.7. The van der Waals surface area contributed by atoms with Gasteiger partial charge in [0.15, 0.2) is 5.11 Å². The molecule has 0 spiro atoms. The number of anilines is 1. The molecular weight excluding hydrogens is 443 g/mol. The van der Waals surface area contributed by atoms with Gasteiger partial charge in [-0.05, 0) is 92.1 Å². The van der Waals surface area contributed by atoms with Crippen molar-refractivity contribution in [1.29, 1.82) is 0 Å². The Morgan fingerprint density at radius 3 is 2.44 bits per heavy atom. The minimum absolute atomic E-state index is 0.137. The van der Waals surface area contributed by atoms with Gasteiger partial charge in [0.25, 0.3) is 0 Å². The Morgan fingerprint density at radius 1 is 1.00 bits per heavy atom. The minimum atomic E-state index is -0.269. The number of benzene rings is 2. The van der Waals surface area contributed by atoms with E-state index in [1.165, 1.54) is 23.4 Å². The smallest absolute Gasteiger partial charge is 0.174 e. The Kier molecular flexibility index (Phi) is 5.92. The third kappa shape index (κ3) is 3.78. The SMILES string of the molecule is CCc1ccccc1-n1c(C)cc([C@H]2[C@@H](c3ccccn3)NC(=S)N2c2ccc(F)cc2)c1C. The highest BCUT2D eigenvalue weighted by Gasteiger charge is 2.42. The topological polar surface area (TPSA) is 33.1 Å². The summed E-state index contributed by atoms with van der Waals surface area (Å²) < 4.78 is 16.1. The summed E-state index contributed by atoms with van der Waals surface area (Å²) in [7, 11) is 0. The summed E-state index contributed by atoms with van der Waals surface area (Å²) in [6.45, 7) is 6.48. The van der Waals surface area contributed by atoms with Gasteiger partial charge in [0.2, 0.25) is 0 Å². The average molecular weight is 471 g/mol. The number of nitrogens with one attached hydrogen (secondary N) is 1. The van der Waals surface area contributed by atoms with Crippen molar-refractivity contribution in [2.75, 3.05) is 4.90 Å². The Bertz CT molecular complexity index is 1330. The standard InChI is InChI=1S/C28H27FN4S/c1-4-20-9-5-6-11-25(20)32-18(2)17-23(19(32)3)27-26(24-10-7-8-16-30-24)31-28(34)33(27)22-14-12-21(29)13-15-22/h5-17,26-27H,4H2,1-3H3,(H,31,34)/t26-,27+/m1/s1. The van der Waals surface area contributed by atoms with Crippen LogP contribution in [0.3, 0.4) is 0 Å². The van der Waals surface area contributed by atoms with Gasteiger partial charge >= 0.3 is 0 Å². The van der Waals surface area contributed by atoms with E-state index in [-0.39, 0.29) is 17.9 Å². The van der Waals surface area contributed by atoms with E-state index in [1.54, 1.807) is 18.3 Å². The zero-order valence-corrected chi connectivity index (χ0v) is 20.3. The second-order valence-electron chi connectivity index (χ2n) is 8.62. The van der Waals surface area contributed by atoms with Crippen LogP contribution in [0.5, 0.6) is 0 Å². The van der Waals surface area contributed by atoms with Gasteiger partial charge in [-0.3, -0.25) is 4.98 Å². The molecule has 0 radical (unpaired) electrons. The van der Waals surface area contributed by atoms with E-state index in [0.29, 0.717) is 5.11 Å². The number of thiocarbonyl (C=S) groups is 1. The van der Waals surface area contributed by atoms with Crippen molar-refractivity contribution in [3.8, 4) is 5.69 Å². The molecule has 2 aromatic carbocycles. The largest absolute Gasteiger partial charge is 0.351 e. The van der Waals surface area contributed by atoms with Crippen LogP contribution in [0.15, 0.2) is 79.0 Å². The van der Waals surface area contributed by atoms with Crippen molar-refractivity contribution in [2.45, 2.75) is 39.3 Å². The molecule has 34 heavy (non-hydrogen) atoms. The fourth-order valence-corrected chi connectivity index (χ4v) is 5.38. The first-order valence-electron chi connectivity index (χ1n) is 11.5. The molecule has 4 aromatic rings. The van der Waals surface area contributed by atoms with Crippen LogP contribution in [0.25, 0.3) is 5.69 Å². The van der Waals surface area contributed by atoms with E-state index in [2.05, 4.69) is 70.9 Å². The third-order valence-corrected chi connectivity index (χ3v) is 6.92. The third-order valence-electron chi connectivity index (χ3n) is 6.61. The molecule has 2 atom stereocenters. The molecular formula is C28H27FN4S. The van der Waals surface area contributed by atoms with Crippen molar-refractivity contribution in [2.24, 2.45) is 0 Å². The van der Waals surface area contributed by atoms with Gasteiger partial charge in [0.1, 0.15) is 5.82 Å². The van der Waals surface area contributed by atoms with E-state index < -0.39 is 0 Å². The number of para-hydroxylation sites is 1. The Hall–Kier alpha value is -3.51. The summed E-state index contributed by atoms with van der Waals surface area (Å²) in [5.41, 5.74) is 7.73. The molecule has 5 rings (SSSR count). The molecule has 1 saturated heterocycles. The molecule has 1 N–H and O–H groups in total. The lowest BCUT2D eigenvalue weighted by molar-refractivity contribution is 0.565. The number of pyridine rings is 1. The summed E-state index contributed by atoms with van der Waals surface area (Å²) >= 11 is 5.81. The van der Waals surface area contributed by atoms with Gasteiger partial charge in [-0.2, -0.15) is 0 Å². The molecule has 6 heteroatoms. The number of nitrogens with zero attached hydrogens (tertiary/aromatic N) is 3. The number of rotatable bonds is 5. The molecule has 0 saturated carbocycles. The zero-order valence-electron chi connectivity index (χ0n) is 19.5. The van der Waals surface area contributed by atoms with E-state index >= 15 is 0 Å². The highest BCUT2D eigenvalue weighted by Crippen LogP contribution is 2.43. The first-order chi connectivity index (χ1) is 16.5. The molecule has 0 aliphatic carbocycles. The normalized spacial score (nSPS) is 17.8. The quantitative estimate of drug-likeness (QED) is 0.344. The van der Waals surface area contributed by atoms with E-state index in [4.69, 9.17) is 12.2 Å². The first-order valence-corrected chi connectivity index (χ1v) is 11.9. The van der Waals surface area contributed by atoms with Gasteiger partial charge in [-0.1, -0.05) is 31.2 Å². The van der Waals surface area contributed by atoms with Crippen molar-refractivity contribution in [1.82, 2.24) is 14.9 Å². The van der Waals surface area contributed by atoms with E-state index in [1.807, 2.05) is 18.2 Å². The molecule has 3 heterocycles. The predicted octanol–water partition coefficient (Wildman–Crippen LogP) is 6.37. The number of halogens is 1. The summed E-state index contributed by atoms with van der Waals surface area (Å²) in [4.78, 5) is 6.73. The van der Waals surface area contributed by atoms with E-state index in [9.17, 15) is 4.39 Å². The van der Waals surface area contributed by atoms with Crippen LogP contribution >= 0.6 is 12.2 Å². The number of hydrogen-bond acceptors (Lipinski definition) is 2. The molecule has 4 nitrogen and oxygen atoms in total. The van der Waals surface area contributed by atoms with Gasteiger partial charge in [-0.15, -0.1) is 0 Å². The summed E-state index contributed by atoms with van der Waals surface area (Å²) in [6, 6.07) is 22.9. The van der Waals surface area contributed by atoms with E-state index in [0.717, 1.165) is 34.8 Å². The number of hydrogen-bond donors (Lipinski definition) is 1. The van der Waals surface area contributed by atoms with Crippen molar-refractivity contribution < 1.29 is 4.39 Å². The van der Waals surface area contributed by atoms with Crippen LogP contribution in [0.2, 0.25) is 0 Å². The van der Waals surface area contributed by atoms with Crippen LogP contribution in [-0.2, 0) is 6.42 Å². The van der Waals surface area contributed by atoms with Crippen LogP contribution in [0, 0.1) is 19.7 Å². The molecule has 1 aliphatic rings. The lowest BCUT2D eigenvalue weighted by Crippen LogP contribution is -2.29. The van der Waals surface area contributed by atoms with Crippen LogP contribution in [0.4, 0.5) is 10.1 Å². The monoisotopic (exact) mass is 470 g/mol. The maximum absolute atomic E-state index is 13.7. The summed E-state index contributed by atoms with van der Waals surface area (Å²) in [5.74, 6) is -0.269. The second-order valence-corrected chi connectivity index (χ2v) is 9.00. The van der Waals surface area contributed by atoms with Gasteiger partial charge in [0, 0.05) is 29.0 Å². The van der Waals surface area contributed by atoms with Crippen LogP contribution < -0.4 is 10.2 Å². The zero-order chi connectivity index (χ0) is 23.8. The highest BCUT2D eigenvalue weighted by molar-refractivity contribution is 7.80. The molecule has 0 bridgehead atoms. The molecule has 172 valence electrons. The lowest BCUT2D eigenvalue weighted by atomic mass is 9.96. The summed E-state index contributed by atoms with van der Waals surface area (Å²) in [6.07, 6.45) is 2.76. The molecule has 1 fully saturated rings. The molecule has 2 aromatic heterocycles. The summed E-state index contributed by atoms with van der Waals surface area (Å²) in [5, 5.41) is 4.09. The van der Waals surface area contributed by atoms with Gasteiger partial charge < -0.3 is 14.8 Å². The fraction of sp³-hybridized carbons (Fsp3) is 0.214. The van der Waals surface area contributed by atoms with Crippen molar-refractivity contribution in [3.63, 3.8) is 0 Å². The maximum Gasteiger partial charge on any atom is 0.174 e. The minimum Gasteiger partial charge on any atom is -0.351 e.